The Bertz CT molecular complexity index is 318. The van der Waals surface area contributed by atoms with Gasteiger partial charge in [-0.25, -0.2) is 14.7 Å². The minimum atomic E-state index is -2.49. The maximum atomic E-state index is 12.4. The number of ether oxygens (including phenoxy) is 1. The lowest BCUT2D eigenvalue weighted by atomic mass is 10.1. The molecule has 1 rings (SSSR count). The summed E-state index contributed by atoms with van der Waals surface area (Å²) in [4.78, 5) is 4.42. The molecule has 15 heavy (non-hydrogen) atoms. The molecular formula is C10H13F2NO2. The number of halogens is 2. The van der Waals surface area contributed by atoms with Crippen molar-refractivity contribution < 1.29 is 18.4 Å². The van der Waals surface area contributed by atoms with Crippen LogP contribution in [-0.4, -0.2) is 13.7 Å². The predicted molar refractivity (Wildman–Crippen MR) is 51.8 cm³/mol. The van der Waals surface area contributed by atoms with Crippen molar-refractivity contribution in [3.05, 3.63) is 29.3 Å². The fourth-order valence-corrected chi connectivity index (χ4v) is 1.27. The molecule has 1 aromatic carbocycles. The lowest BCUT2D eigenvalue weighted by Crippen LogP contribution is -2.05. The molecule has 0 aromatic heterocycles. The van der Waals surface area contributed by atoms with E-state index in [4.69, 9.17) is 10.6 Å². The summed E-state index contributed by atoms with van der Waals surface area (Å²) in [5.41, 5.74) is 0.747. The second-order valence-electron chi connectivity index (χ2n) is 2.99. The molecule has 0 unspecified atom stereocenters. The van der Waals surface area contributed by atoms with E-state index in [0.717, 1.165) is 5.56 Å². The summed E-state index contributed by atoms with van der Waals surface area (Å²) >= 11 is 0. The van der Waals surface area contributed by atoms with Crippen LogP contribution in [0.3, 0.4) is 0 Å². The molecule has 0 amide bonds. The molecule has 0 fully saturated rings. The lowest BCUT2D eigenvalue weighted by molar-refractivity contribution is 0.140. The van der Waals surface area contributed by atoms with Gasteiger partial charge in [-0.1, -0.05) is 12.1 Å². The van der Waals surface area contributed by atoms with Crippen LogP contribution in [-0.2, 0) is 11.3 Å². The number of methoxy groups -OCH3 is 1. The van der Waals surface area contributed by atoms with Gasteiger partial charge in [-0.3, -0.25) is 0 Å². The van der Waals surface area contributed by atoms with Gasteiger partial charge in [0, 0.05) is 12.0 Å². The van der Waals surface area contributed by atoms with Crippen LogP contribution in [0.4, 0.5) is 8.78 Å². The Hall–Kier alpha value is -1.20. The van der Waals surface area contributed by atoms with Crippen molar-refractivity contribution in [2.75, 3.05) is 13.7 Å². The molecule has 0 saturated heterocycles. The Morgan fingerprint density at radius 3 is 2.67 bits per heavy atom. The van der Waals surface area contributed by atoms with Gasteiger partial charge in [0.05, 0.1) is 13.7 Å². The van der Waals surface area contributed by atoms with Crippen molar-refractivity contribution >= 4 is 0 Å². The van der Waals surface area contributed by atoms with Crippen molar-refractivity contribution in [3.63, 3.8) is 0 Å². The van der Waals surface area contributed by atoms with Gasteiger partial charge in [0.25, 0.3) is 6.43 Å². The molecular weight excluding hydrogens is 204 g/mol. The third-order valence-corrected chi connectivity index (χ3v) is 2.05. The van der Waals surface area contributed by atoms with Crippen molar-refractivity contribution in [1.82, 2.24) is 0 Å². The maximum Gasteiger partial charge on any atom is 0.263 e. The minimum absolute atomic E-state index is 0.0516. The van der Waals surface area contributed by atoms with Gasteiger partial charge in [-0.05, 0) is 11.6 Å². The molecule has 3 nitrogen and oxygen atoms in total. The summed E-state index contributed by atoms with van der Waals surface area (Å²) in [6.45, 7) is 0.324. The second kappa shape index (κ2) is 5.63. The predicted octanol–water partition coefficient (Wildman–Crippen LogP) is 2.07. The number of rotatable bonds is 5. The standard InChI is InChI=1S/C10H13F2NO2/c1-14-9-6-8(10(11)12)3-2-7(9)4-5-15-13/h2-3,6,10H,4-5,13H2,1H3. The van der Waals surface area contributed by atoms with Crippen LogP contribution >= 0.6 is 0 Å². The van der Waals surface area contributed by atoms with Gasteiger partial charge in [0.2, 0.25) is 0 Å². The topological polar surface area (TPSA) is 44.5 Å². The average molecular weight is 217 g/mol. The van der Waals surface area contributed by atoms with E-state index < -0.39 is 6.43 Å². The van der Waals surface area contributed by atoms with Crippen LogP contribution < -0.4 is 10.6 Å². The zero-order chi connectivity index (χ0) is 11.3. The fourth-order valence-electron chi connectivity index (χ4n) is 1.27. The van der Waals surface area contributed by atoms with Gasteiger partial charge < -0.3 is 9.57 Å². The fraction of sp³-hybridized carbons (Fsp3) is 0.400. The van der Waals surface area contributed by atoms with Gasteiger partial charge in [-0.2, -0.15) is 0 Å². The van der Waals surface area contributed by atoms with Crippen molar-refractivity contribution in [2.45, 2.75) is 12.8 Å². The number of hydrogen-bond acceptors (Lipinski definition) is 3. The Morgan fingerprint density at radius 1 is 1.40 bits per heavy atom. The molecule has 0 radical (unpaired) electrons. The first-order chi connectivity index (χ1) is 7.19. The normalized spacial score (nSPS) is 10.7. The Balaban J connectivity index is 2.88. The zero-order valence-electron chi connectivity index (χ0n) is 8.37. The Morgan fingerprint density at radius 2 is 2.13 bits per heavy atom. The van der Waals surface area contributed by atoms with Crippen LogP contribution in [0.25, 0.3) is 0 Å². The van der Waals surface area contributed by atoms with Gasteiger partial charge in [-0.15, -0.1) is 0 Å². The average Bonchev–Trinajstić information content (AvgIpc) is 2.25. The van der Waals surface area contributed by atoms with Crippen LogP contribution in [0.1, 0.15) is 17.6 Å². The Kier molecular flexibility index (Phi) is 4.45. The monoisotopic (exact) mass is 217 g/mol. The largest absolute Gasteiger partial charge is 0.496 e. The highest BCUT2D eigenvalue weighted by atomic mass is 19.3. The molecule has 0 bridgehead atoms. The van der Waals surface area contributed by atoms with E-state index in [2.05, 4.69) is 4.84 Å². The summed E-state index contributed by atoms with van der Waals surface area (Å²) in [7, 11) is 1.44. The van der Waals surface area contributed by atoms with Crippen LogP contribution in [0.5, 0.6) is 5.75 Å². The van der Waals surface area contributed by atoms with E-state index in [1.165, 1.54) is 19.2 Å². The molecule has 0 spiro atoms. The zero-order valence-corrected chi connectivity index (χ0v) is 8.37. The summed E-state index contributed by atoms with van der Waals surface area (Å²) < 4.78 is 29.7. The number of hydrogen-bond donors (Lipinski definition) is 1. The summed E-state index contributed by atoms with van der Waals surface area (Å²) in [5, 5.41) is 0. The minimum Gasteiger partial charge on any atom is -0.496 e. The summed E-state index contributed by atoms with van der Waals surface area (Å²) in [6, 6.07) is 4.30. The molecule has 5 heteroatoms. The van der Waals surface area contributed by atoms with Gasteiger partial charge in [0.15, 0.2) is 0 Å². The number of benzene rings is 1. The van der Waals surface area contributed by atoms with Gasteiger partial charge >= 0.3 is 0 Å². The molecule has 0 aliphatic heterocycles. The van der Waals surface area contributed by atoms with Gasteiger partial charge in [0.1, 0.15) is 5.75 Å². The van der Waals surface area contributed by atoms with E-state index in [1.807, 2.05) is 0 Å². The maximum absolute atomic E-state index is 12.4. The van der Waals surface area contributed by atoms with E-state index in [9.17, 15) is 8.78 Å². The highest BCUT2D eigenvalue weighted by Crippen LogP contribution is 2.26. The molecule has 2 N–H and O–H groups in total. The molecule has 0 atom stereocenters. The molecule has 84 valence electrons. The van der Waals surface area contributed by atoms with E-state index >= 15 is 0 Å². The highest BCUT2D eigenvalue weighted by molar-refractivity contribution is 5.38. The van der Waals surface area contributed by atoms with Crippen molar-refractivity contribution in [2.24, 2.45) is 5.90 Å². The quantitative estimate of drug-likeness (QED) is 0.768. The summed E-state index contributed by atoms with van der Waals surface area (Å²) in [5.74, 6) is 5.32. The van der Waals surface area contributed by atoms with Crippen molar-refractivity contribution in [3.8, 4) is 5.75 Å². The number of alkyl halides is 2. The van der Waals surface area contributed by atoms with Crippen LogP contribution in [0, 0.1) is 0 Å². The molecule has 0 heterocycles. The smallest absolute Gasteiger partial charge is 0.263 e. The molecule has 0 aliphatic rings. The first-order valence-corrected chi connectivity index (χ1v) is 4.45. The number of nitrogens with two attached hydrogens (primary N) is 1. The SMILES string of the molecule is COc1cc(C(F)F)ccc1CCON. The van der Waals surface area contributed by atoms with Crippen LogP contribution in [0.2, 0.25) is 0 Å². The van der Waals surface area contributed by atoms with E-state index in [0.29, 0.717) is 18.8 Å². The third kappa shape index (κ3) is 3.14. The highest BCUT2D eigenvalue weighted by Gasteiger charge is 2.10. The van der Waals surface area contributed by atoms with Crippen molar-refractivity contribution in [1.29, 1.82) is 0 Å². The molecule has 1 aromatic rings. The first-order valence-electron chi connectivity index (χ1n) is 4.45. The lowest BCUT2D eigenvalue weighted by Gasteiger charge is -2.09. The second-order valence-corrected chi connectivity index (χ2v) is 2.99. The Labute approximate surface area is 86.7 Å². The summed E-state index contributed by atoms with van der Waals surface area (Å²) in [6.07, 6.45) is -1.96. The van der Waals surface area contributed by atoms with Crippen LogP contribution in [0.15, 0.2) is 18.2 Å². The first kappa shape index (κ1) is 11.9. The third-order valence-electron chi connectivity index (χ3n) is 2.05. The molecule has 0 saturated carbocycles. The van der Waals surface area contributed by atoms with E-state index in [1.54, 1.807) is 6.07 Å². The van der Waals surface area contributed by atoms with E-state index in [-0.39, 0.29) is 5.56 Å². The molecule has 0 aliphatic carbocycles.